The van der Waals surface area contributed by atoms with Crippen molar-refractivity contribution in [2.24, 2.45) is 11.8 Å². The molecule has 156 valence electrons. The molecular formula is C24H28N4O2. The lowest BCUT2D eigenvalue weighted by atomic mass is 9.91. The van der Waals surface area contributed by atoms with Gasteiger partial charge in [0.05, 0.1) is 0 Å². The van der Waals surface area contributed by atoms with Crippen molar-refractivity contribution in [3.05, 3.63) is 71.7 Å². The van der Waals surface area contributed by atoms with E-state index >= 15 is 0 Å². The third kappa shape index (κ3) is 4.94. The lowest BCUT2D eigenvalue weighted by Crippen LogP contribution is -2.38. The van der Waals surface area contributed by atoms with Crippen LogP contribution >= 0.6 is 0 Å². The largest absolute Gasteiger partial charge is 0.355 e. The molecule has 1 N–H and O–H groups in total. The molecule has 6 heteroatoms. The number of carbonyl (C=O) groups excluding carboxylic acids is 1. The Balaban J connectivity index is 1.39. The van der Waals surface area contributed by atoms with Gasteiger partial charge >= 0.3 is 0 Å². The number of rotatable bonds is 6. The van der Waals surface area contributed by atoms with Gasteiger partial charge in [-0.3, -0.25) is 14.7 Å². The van der Waals surface area contributed by atoms with Crippen LogP contribution < -0.4 is 5.32 Å². The smallest absolute Gasteiger partial charge is 0.273 e. The number of benzene rings is 1. The van der Waals surface area contributed by atoms with Crippen molar-refractivity contribution >= 4 is 5.91 Å². The van der Waals surface area contributed by atoms with Gasteiger partial charge < -0.3 is 9.84 Å². The minimum atomic E-state index is -0.242. The van der Waals surface area contributed by atoms with Gasteiger partial charge in [0.15, 0.2) is 11.5 Å². The highest BCUT2D eigenvalue weighted by molar-refractivity contribution is 5.93. The Morgan fingerprint density at radius 3 is 2.53 bits per heavy atom. The fraction of sp³-hybridized carbons (Fsp3) is 0.375. The van der Waals surface area contributed by atoms with E-state index < -0.39 is 0 Å². The maximum Gasteiger partial charge on any atom is 0.273 e. The summed E-state index contributed by atoms with van der Waals surface area (Å²) in [5, 5.41) is 6.90. The Labute approximate surface area is 177 Å². The summed E-state index contributed by atoms with van der Waals surface area (Å²) in [7, 11) is 0. The van der Waals surface area contributed by atoms with E-state index in [0.29, 0.717) is 12.3 Å². The molecule has 4 rings (SSSR count). The van der Waals surface area contributed by atoms with Crippen molar-refractivity contribution < 1.29 is 9.32 Å². The zero-order valence-corrected chi connectivity index (χ0v) is 17.5. The fourth-order valence-electron chi connectivity index (χ4n) is 4.35. The molecule has 3 aromatic rings. The number of piperidine rings is 1. The first-order chi connectivity index (χ1) is 14.6. The van der Waals surface area contributed by atoms with Gasteiger partial charge in [-0.1, -0.05) is 43.3 Å². The normalized spacial score (nSPS) is 19.5. The van der Waals surface area contributed by atoms with Gasteiger partial charge in [0.2, 0.25) is 0 Å². The molecule has 3 heterocycles. The zero-order chi connectivity index (χ0) is 20.9. The van der Waals surface area contributed by atoms with E-state index in [1.54, 1.807) is 18.5 Å². The van der Waals surface area contributed by atoms with Crippen LogP contribution in [-0.2, 0) is 13.1 Å². The van der Waals surface area contributed by atoms with Gasteiger partial charge in [0.25, 0.3) is 5.91 Å². The third-order valence-electron chi connectivity index (χ3n) is 5.60. The van der Waals surface area contributed by atoms with Gasteiger partial charge in [-0.05, 0) is 41.5 Å². The van der Waals surface area contributed by atoms with E-state index in [-0.39, 0.29) is 11.6 Å². The minimum absolute atomic E-state index is 0.242. The topological polar surface area (TPSA) is 71.3 Å². The van der Waals surface area contributed by atoms with Gasteiger partial charge in [-0.2, -0.15) is 0 Å². The maximum absolute atomic E-state index is 12.6. The van der Waals surface area contributed by atoms with Crippen molar-refractivity contribution in [1.29, 1.82) is 0 Å². The molecule has 0 radical (unpaired) electrons. The molecular weight excluding hydrogens is 376 g/mol. The van der Waals surface area contributed by atoms with Crippen LogP contribution in [-0.4, -0.2) is 34.0 Å². The number of likely N-dealkylation sites (tertiary alicyclic amines) is 1. The van der Waals surface area contributed by atoms with Crippen LogP contribution in [0.5, 0.6) is 0 Å². The quantitative estimate of drug-likeness (QED) is 0.668. The standard InChI is InChI=1S/C24H28N4O2/c1-17-11-18(2)15-28(14-17)16-21-6-4-3-5-20(21)13-26-24(29)22-12-23(30-27-22)19-7-9-25-10-8-19/h3-10,12,17-18H,11,13-16H2,1-2H3,(H,26,29). The summed E-state index contributed by atoms with van der Waals surface area (Å²) in [6, 6.07) is 13.6. The second-order valence-corrected chi connectivity index (χ2v) is 8.40. The first kappa shape index (κ1) is 20.3. The maximum atomic E-state index is 12.6. The highest BCUT2D eigenvalue weighted by Crippen LogP contribution is 2.23. The molecule has 2 unspecified atom stereocenters. The SMILES string of the molecule is CC1CC(C)CN(Cc2ccccc2CNC(=O)c2cc(-c3ccncc3)on2)C1. The molecule has 1 aromatic carbocycles. The molecule has 1 aliphatic rings. The van der Waals surface area contributed by atoms with Gasteiger partial charge in [-0.15, -0.1) is 0 Å². The number of amides is 1. The second kappa shape index (κ2) is 9.22. The van der Waals surface area contributed by atoms with Crippen LogP contribution in [0.15, 0.2) is 59.4 Å². The summed E-state index contributed by atoms with van der Waals surface area (Å²) >= 11 is 0. The summed E-state index contributed by atoms with van der Waals surface area (Å²) in [5.74, 6) is 1.76. The second-order valence-electron chi connectivity index (χ2n) is 8.40. The van der Waals surface area contributed by atoms with E-state index in [0.717, 1.165) is 42.6 Å². The summed E-state index contributed by atoms with van der Waals surface area (Å²) in [6.45, 7) is 8.28. The van der Waals surface area contributed by atoms with Crippen LogP contribution in [0, 0.1) is 11.8 Å². The number of hydrogen-bond donors (Lipinski definition) is 1. The Hall–Kier alpha value is -2.99. The van der Waals surface area contributed by atoms with Crippen molar-refractivity contribution in [3.63, 3.8) is 0 Å². The lowest BCUT2D eigenvalue weighted by Gasteiger charge is -2.35. The average Bonchev–Trinajstić information content (AvgIpc) is 3.23. The van der Waals surface area contributed by atoms with Crippen LogP contribution in [0.25, 0.3) is 11.3 Å². The predicted octanol–water partition coefficient (Wildman–Crippen LogP) is 4.14. The molecule has 0 saturated carbocycles. The number of hydrogen-bond acceptors (Lipinski definition) is 5. The average molecular weight is 405 g/mol. The van der Waals surface area contributed by atoms with Crippen molar-refractivity contribution in [2.45, 2.75) is 33.4 Å². The summed E-state index contributed by atoms with van der Waals surface area (Å²) in [4.78, 5) is 19.1. The van der Waals surface area contributed by atoms with Crippen LogP contribution in [0.4, 0.5) is 0 Å². The number of carbonyl (C=O) groups is 1. The molecule has 30 heavy (non-hydrogen) atoms. The van der Waals surface area contributed by atoms with E-state index in [2.05, 4.69) is 52.4 Å². The Bertz CT molecular complexity index is 976. The van der Waals surface area contributed by atoms with Crippen LogP contribution in [0.3, 0.4) is 0 Å². The zero-order valence-electron chi connectivity index (χ0n) is 17.5. The van der Waals surface area contributed by atoms with Crippen molar-refractivity contribution in [1.82, 2.24) is 20.4 Å². The van der Waals surface area contributed by atoms with E-state index in [9.17, 15) is 4.79 Å². The molecule has 1 aliphatic heterocycles. The highest BCUT2D eigenvalue weighted by atomic mass is 16.5. The highest BCUT2D eigenvalue weighted by Gasteiger charge is 2.22. The number of nitrogens with one attached hydrogen (secondary N) is 1. The molecule has 0 bridgehead atoms. The summed E-state index contributed by atoms with van der Waals surface area (Å²) in [6.07, 6.45) is 4.66. The Morgan fingerprint density at radius 1 is 1.10 bits per heavy atom. The van der Waals surface area contributed by atoms with E-state index in [4.69, 9.17) is 4.52 Å². The van der Waals surface area contributed by atoms with E-state index in [1.807, 2.05) is 18.2 Å². The number of pyridine rings is 1. The van der Waals surface area contributed by atoms with Gasteiger partial charge in [0, 0.05) is 50.2 Å². The Kier molecular flexibility index (Phi) is 6.23. The number of nitrogens with zero attached hydrogens (tertiary/aromatic N) is 3. The van der Waals surface area contributed by atoms with Gasteiger partial charge in [-0.25, -0.2) is 0 Å². The van der Waals surface area contributed by atoms with Crippen molar-refractivity contribution in [3.8, 4) is 11.3 Å². The van der Waals surface area contributed by atoms with Crippen LogP contribution in [0.1, 0.15) is 41.9 Å². The molecule has 0 spiro atoms. The van der Waals surface area contributed by atoms with Crippen LogP contribution in [0.2, 0.25) is 0 Å². The summed E-state index contributed by atoms with van der Waals surface area (Å²) in [5.41, 5.74) is 3.51. The monoisotopic (exact) mass is 404 g/mol. The molecule has 6 nitrogen and oxygen atoms in total. The molecule has 2 atom stereocenters. The molecule has 0 aliphatic carbocycles. The van der Waals surface area contributed by atoms with Crippen molar-refractivity contribution in [2.75, 3.05) is 13.1 Å². The third-order valence-corrected chi connectivity index (χ3v) is 5.60. The van der Waals surface area contributed by atoms with Gasteiger partial charge in [0.1, 0.15) is 0 Å². The lowest BCUT2D eigenvalue weighted by molar-refractivity contribution is 0.0941. The Morgan fingerprint density at radius 2 is 1.80 bits per heavy atom. The minimum Gasteiger partial charge on any atom is -0.355 e. The molecule has 1 fully saturated rings. The molecule has 1 amide bonds. The van der Waals surface area contributed by atoms with E-state index in [1.165, 1.54) is 12.0 Å². The molecule has 2 aromatic heterocycles. The predicted molar refractivity (Wildman–Crippen MR) is 116 cm³/mol. The first-order valence-corrected chi connectivity index (χ1v) is 10.5. The fourth-order valence-corrected chi connectivity index (χ4v) is 4.35. The number of aromatic nitrogens is 2. The summed E-state index contributed by atoms with van der Waals surface area (Å²) < 4.78 is 5.32. The first-order valence-electron chi connectivity index (χ1n) is 10.5. The molecule has 1 saturated heterocycles.